The standard InChI is InChI=1S/C24H32N2O5/c27-21-13-9-7-11-19(21)17-26(18-20-12-8-10-14-22(20)28)25-23(29)15-5-3-1-2-4-6-16-24(30)31/h7-14,27-28H,1-6,15-18H2,(H,25,29)(H,30,31). The Labute approximate surface area is 183 Å². The van der Waals surface area contributed by atoms with Gasteiger partial charge in [0.2, 0.25) is 5.91 Å². The van der Waals surface area contributed by atoms with E-state index in [1.807, 2.05) is 12.1 Å². The summed E-state index contributed by atoms with van der Waals surface area (Å²) in [7, 11) is 0. The van der Waals surface area contributed by atoms with Crippen LogP contribution in [0.15, 0.2) is 48.5 Å². The van der Waals surface area contributed by atoms with Gasteiger partial charge in [-0.1, -0.05) is 62.1 Å². The molecule has 0 radical (unpaired) electrons. The summed E-state index contributed by atoms with van der Waals surface area (Å²) >= 11 is 0. The Morgan fingerprint density at radius 2 is 1.16 bits per heavy atom. The number of carboxylic acids is 1. The fraction of sp³-hybridized carbons (Fsp3) is 0.417. The van der Waals surface area contributed by atoms with E-state index < -0.39 is 5.97 Å². The van der Waals surface area contributed by atoms with Crippen LogP contribution in [0.2, 0.25) is 0 Å². The number of unbranched alkanes of at least 4 members (excludes halogenated alkanes) is 5. The van der Waals surface area contributed by atoms with E-state index in [1.54, 1.807) is 41.4 Å². The van der Waals surface area contributed by atoms with Crippen LogP contribution in [-0.2, 0) is 22.7 Å². The Morgan fingerprint density at radius 3 is 1.65 bits per heavy atom. The van der Waals surface area contributed by atoms with Crippen molar-refractivity contribution in [3.63, 3.8) is 0 Å². The molecule has 4 N–H and O–H groups in total. The molecule has 1 amide bonds. The van der Waals surface area contributed by atoms with Gasteiger partial charge < -0.3 is 15.3 Å². The minimum absolute atomic E-state index is 0.114. The van der Waals surface area contributed by atoms with E-state index in [9.17, 15) is 19.8 Å². The van der Waals surface area contributed by atoms with E-state index in [0.717, 1.165) is 32.1 Å². The lowest BCUT2D eigenvalue weighted by molar-refractivity contribution is -0.137. The maximum Gasteiger partial charge on any atom is 0.303 e. The number of rotatable bonds is 14. The first-order valence-electron chi connectivity index (χ1n) is 10.8. The van der Waals surface area contributed by atoms with Crippen LogP contribution in [0.5, 0.6) is 11.5 Å². The van der Waals surface area contributed by atoms with Crippen LogP contribution in [0.1, 0.15) is 62.5 Å². The van der Waals surface area contributed by atoms with Crippen molar-refractivity contribution in [1.29, 1.82) is 0 Å². The Kier molecular flexibility index (Phi) is 10.4. The van der Waals surface area contributed by atoms with E-state index in [1.165, 1.54) is 0 Å². The Balaban J connectivity index is 1.82. The highest BCUT2D eigenvalue weighted by Crippen LogP contribution is 2.21. The van der Waals surface area contributed by atoms with Gasteiger partial charge in [0, 0.05) is 37.1 Å². The van der Waals surface area contributed by atoms with Crippen molar-refractivity contribution in [3.8, 4) is 11.5 Å². The van der Waals surface area contributed by atoms with Gasteiger partial charge >= 0.3 is 5.97 Å². The van der Waals surface area contributed by atoms with E-state index in [0.29, 0.717) is 37.1 Å². The van der Waals surface area contributed by atoms with Gasteiger partial charge in [-0.3, -0.25) is 15.0 Å². The minimum Gasteiger partial charge on any atom is -0.508 e. The third-order valence-electron chi connectivity index (χ3n) is 5.03. The van der Waals surface area contributed by atoms with Crippen molar-refractivity contribution in [2.24, 2.45) is 0 Å². The van der Waals surface area contributed by atoms with Crippen LogP contribution in [0.3, 0.4) is 0 Å². The van der Waals surface area contributed by atoms with Crippen molar-refractivity contribution in [3.05, 3.63) is 59.7 Å². The second-order valence-electron chi connectivity index (χ2n) is 7.66. The predicted octanol–water partition coefficient (Wildman–Crippen LogP) is 4.34. The highest BCUT2D eigenvalue weighted by molar-refractivity contribution is 5.75. The molecule has 0 aliphatic rings. The van der Waals surface area contributed by atoms with Crippen LogP contribution < -0.4 is 5.43 Å². The largest absolute Gasteiger partial charge is 0.508 e. The normalized spacial score (nSPS) is 10.9. The lowest BCUT2D eigenvalue weighted by Crippen LogP contribution is -2.41. The maximum absolute atomic E-state index is 12.5. The number of hydrogen-bond acceptors (Lipinski definition) is 5. The first-order valence-corrected chi connectivity index (χ1v) is 10.8. The number of para-hydroxylation sites is 2. The Hall–Kier alpha value is -3.06. The summed E-state index contributed by atoms with van der Waals surface area (Å²) in [6.45, 7) is 0.604. The summed E-state index contributed by atoms with van der Waals surface area (Å²) in [5.41, 5.74) is 4.26. The number of phenolic OH excluding ortho intramolecular Hbond substituents is 2. The molecule has 0 fully saturated rings. The molecule has 2 aromatic rings. The Morgan fingerprint density at radius 1 is 0.710 bits per heavy atom. The van der Waals surface area contributed by atoms with Crippen LogP contribution in [0, 0.1) is 0 Å². The number of benzene rings is 2. The van der Waals surface area contributed by atoms with Crippen molar-refractivity contribution in [2.75, 3.05) is 0 Å². The molecule has 2 aromatic carbocycles. The summed E-state index contributed by atoms with van der Waals surface area (Å²) in [4.78, 5) is 23.0. The molecule has 0 aliphatic heterocycles. The molecule has 168 valence electrons. The summed E-state index contributed by atoms with van der Waals surface area (Å²) < 4.78 is 0. The van der Waals surface area contributed by atoms with Gasteiger partial charge in [-0.25, -0.2) is 5.01 Å². The van der Waals surface area contributed by atoms with E-state index >= 15 is 0 Å². The number of phenols is 2. The van der Waals surface area contributed by atoms with Gasteiger partial charge in [-0.2, -0.15) is 0 Å². The zero-order valence-corrected chi connectivity index (χ0v) is 17.8. The van der Waals surface area contributed by atoms with Crippen LogP contribution in [0.4, 0.5) is 0 Å². The van der Waals surface area contributed by atoms with E-state index in [-0.39, 0.29) is 23.8 Å². The number of nitrogens with one attached hydrogen (secondary N) is 1. The Bertz CT molecular complexity index is 793. The highest BCUT2D eigenvalue weighted by atomic mass is 16.4. The molecule has 0 unspecified atom stereocenters. The molecule has 0 spiro atoms. The number of carboxylic acid groups (broad SMARTS) is 1. The van der Waals surface area contributed by atoms with E-state index in [2.05, 4.69) is 5.43 Å². The molecule has 0 saturated heterocycles. The van der Waals surface area contributed by atoms with Crippen molar-refractivity contribution < 1.29 is 24.9 Å². The summed E-state index contributed by atoms with van der Waals surface area (Å²) in [6.07, 6.45) is 5.81. The van der Waals surface area contributed by atoms with Gasteiger partial charge in [-0.15, -0.1) is 0 Å². The first kappa shape index (κ1) is 24.2. The number of carbonyl (C=O) groups is 2. The summed E-state index contributed by atoms with van der Waals surface area (Å²) in [6, 6.07) is 13.9. The van der Waals surface area contributed by atoms with E-state index in [4.69, 9.17) is 5.11 Å². The third-order valence-corrected chi connectivity index (χ3v) is 5.03. The molecule has 0 bridgehead atoms. The second-order valence-corrected chi connectivity index (χ2v) is 7.66. The second kappa shape index (κ2) is 13.3. The highest BCUT2D eigenvalue weighted by Gasteiger charge is 2.14. The average molecular weight is 429 g/mol. The molecule has 0 aromatic heterocycles. The zero-order chi connectivity index (χ0) is 22.5. The van der Waals surface area contributed by atoms with Gasteiger partial charge in [0.05, 0.1) is 0 Å². The SMILES string of the molecule is O=C(O)CCCCCCCCC(=O)NN(Cc1ccccc1O)Cc1ccccc1O. The molecule has 0 aliphatic carbocycles. The van der Waals surface area contributed by atoms with Gasteiger partial charge in [0.15, 0.2) is 0 Å². The number of nitrogens with zero attached hydrogens (tertiary/aromatic N) is 1. The lowest BCUT2D eigenvalue weighted by Gasteiger charge is -2.24. The topological polar surface area (TPSA) is 110 Å². The third kappa shape index (κ3) is 9.53. The predicted molar refractivity (Wildman–Crippen MR) is 118 cm³/mol. The average Bonchev–Trinajstić information content (AvgIpc) is 2.73. The lowest BCUT2D eigenvalue weighted by atomic mass is 10.1. The molecular weight excluding hydrogens is 396 g/mol. The number of aliphatic carboxylic acids is 1. The fourth-order valence-electron chi connectivity index (χ4n) is 3.34. The molecular formula is C24H32N2O5. The molecule has 0 heterocycles. The quantitative estimate of drug-likeness (QED) is 0.263. The summed E-state index contributed by atoms with van der Waals surface area (Å²) in [5, 5.41) is 30.5. The smallest absolute Gasteiger partial charge is 0.303 e. The van der Waals surface area contributed by atoms with Gasteiger partial charge in [0.25, 0.3) is 0 Å². The van der Waals surface area contributed by atoms with Crippen molar-refractivity contribution in [1.82, 2.24) is 10.4 Å². The van der Waals surface area contributed by atoms with Crippen LogP contribution in [-0.4, -0.2) is 32.2 Å². The zero-order valence-electron chi connectivity index (χ0n) is 17.8. The van der Waals surface area contributed by atoms with Crippen LogP contribution >= 0.6 is 0 Å². The number of hydrazine groups is 1. The molecule has 7 nitrogen and oxygen atoms in total. The number of hydrogen-bond donors (Lipinski definition) is 4. The first-order chi connectivity index (χ1) is 15.0. The monoisotopic (exact) mass is 428 g/mol. The molecule has 2 rings (SSSR count). The fourth-order valence-corrected chi connectivity index (χ4v) is 3.34. The molecule has 0 saturated carbocycles. The number of carbonyl (C=O) groups excluding carboxylic acids is 1. The van der Waals surface area contributed by atoms with Crippen molar-refractivity contribution >= 4 is 11.9 Å². The molecule has 0 atom stereocenters. The van der Waals surface area contributed by atoms with Gasteiger partial charge in [-0.05, 0) is 25.0 Å². The van der Waals surface area contributed by atoms with Gasteiger partial charge in [0.1, 0.15) is 11.5 Å². The molecule has 31 heavy (non-hydrogen) atoms. The number of amides is 1. The minimum atomic E-state index is -0.756. The van der Waals surface area contributed by atoms with Crippen LogP contribution in [0.25, 0.3) is 0 Å². The maximum atomic E-state index is 12.5. The number of aromatic hydroxyl groups is 2. The van der Waals surface area contributed by atoms with Crippen molar-refractivity contribution in [2.45, 2.75) is 64.5 Å². The molecule has 7 heteroatoms. The summed E-state index contributed by atoms with van der Waals surface area (Å²) in [5.74, 6) is -0.561.